The molecular formula is C20H25N3O3. The van der Waals surface area contributed by atoms with Gasteiger partial charge in [-0.3, -0.25) is 0 Å². The molecule has 0 unspecified atom stereocenters. The summed E-state index contributed by atoms with van der Waals surface area (Å²) in [5.41, 5.74) is 4.07. The van der Waals surface area contributed by atoms with Crippen molar-refractivity contribution in [2.24, 2.45) is 0 Å². The lowest BCUT2D eigenvalue weighted by atomic mass is 10.1. The summed E-state index contributed by atoms with van der Waals surface area (Å²) in [5, 5.41) is 5.66. The maximum absolute atomic E-state index is 12.3. The number of hydrogen-bond acceptors (Lipinski definition) is 4. The third-order valence-corrected chi connectivity index (χ3v) is 3.95. The number of carbonyl (C=O) groups is 2. The average Bonchev–Trinajstić information content (AvgIpc) is 2.61. The van der Waals surface area contributed by atoms with Crippen LogP contribution in [-0.2, 0) is 17.8 Å². The third-order valence-electron chi connectivity index (χ3n) is 3.95. The zero-order valence-electron chi connectivity index (χ0n) is 15.6. The molecule has 2 amide bonds. The van der Waals surface area contributed by atoms with Crippen molar-refractivity contribution >= 4 is 17.7 Å². The van der Waals surface area contributed by atoms with E-state index in [9.17, 15) is 9.59 Å². The molecule has 0 aliphatic heterocycles. The summed E-state index contributed by atoms with van der Waals surface area (Å²) < 4.78 is 4.72. The Bertz CT molecular complexity index is 788. The second-order valence-corrected chi connectivity index (χ2v) is 6.34. The van der Waals surface area contributed by atoms with Crippen molar-refractivity contribution in [2.75, 3.05) is 26.5 Å². The van der Waals surface area contributed by atoms with Crippen LogP contribution in [0, 0.1) is 6.92 Å². The zero-order valence-corrected chi connectivity index (χ0v) is 15.6. The number of methoxy groups -OCH3 is 1. The van der Waals surface area contributed by atoms with Crippen LogP contribution in [0.15, 0.2) is 42.5 Å². The van der Waals surface area contributed by atoms with Gasteiger partial charge in [0, 0.05) is 18.8 Å². The number of amides is 2. The predicted molar refractivity (Wildman–Crippen MR) is 102 cm³/mol. The predicted octanol–water partition coefficient (Wildman–Crippen LogP) is 3.16. The van der Waals surface area contributed by atoms with E-state index < -0.39 is 5.97 Å². The topological polar surface area (TPSA) is 70.7 Å². The van der Waals surface area contributed by atoms with Gasteiger partial charge in [-0.1, -0.05) is 30.3 Å². The van der Waals surface area contributed by atoms with E-state index in [-0.39, 0.29) is 6.03 Å². The summed E-state index contributed by atoms with van der Waals surface area (Å²) in [4.78, 5) is 26.0. The van der Waals surface area contributed by atoms with Crippen LogP contribution >= 0.6 is 0 Å². The number of anilines is 1. The summed E-state index contributed by atoms with van der Waals surface area (Å²) >= 11 is 0. The highest BCUT2D eigenvalue weighted by molar-refractivity contribution is 5.94. The van der Waals surface area contributed by atoms with Gasteiger partial charge in [-0.15, -0.1) is 0 Å². The number of esters is 1. The molecule has 0 bridgehead atoms. The molecule has 2 aromatic rings. The fourth-order valence-corrected chi connectivity index (χ4v) is 2.57. The van der Waals surface area contributed by atoms with E-state index in [4.69, 9.17) is 4.74 Å². The van der Waals surface area contributed by atoms with Crippen LogP contribution < -0.4 is 10.6 Å². The Balaban J connectivity index is 2.03. The van der Waals surface area contributed by atoms with Gasteiger partial charge in [0.05, 0.1) is 12.7 Å². The maximum Gasteiger partial charge on any atom is 0.337 e. The van der Waals surface area contributed by atoms with E-state index >= 15 is 0 Å². The number of aryl methyl sites for hydroxylation is 1. The molecule has 0 aliphatic rings. The monoisotopic (exact) mass is 355 g/mol. The fourth-order valence-electron chi connectivity index (χ4n) is 2.57. The van der Waals surface area contributed by atoms with Gasteiger partial charge in [0.1, 0.15) is 0 Å². The first-order valence-electron chi connectivity index (χ1n) is 8.36. The molecule has 0 saturated carbocycles. The molecule has 0 aliphatic carbocycles. The highest BCUT2D eigenvalue weighted by Crippen LogP contribution is 2.17. The van der Waals surface area contributed by atoms with Crippen LogP contribution in [0.4, 0.5) is 10.5 Å². The van der Waals surface area contributed by atoms with Crippen molar-refractivity contribution in [1.29, 1.82) is 0 Å². The van der Waals surface area contributed by atoms with E-state index in [1.807, 2.05) is 39.2 Å². The molecule has 0 saturated heterocycles. The summed E-state index contributed by atoms with van der Waals surface area (Å²) in [6, 6.07) is 12.7. The second kappa shape index (κ2) is 9.01. The number of nitrogens with one attached hydrogen (secondary N) is 2. The summed E-state index contributed by atoms with van der Waals surface area (Å²) in [6.07, 6.45) is 0. The van der Waals surface area contributed by atoms with Crippen LogP contribution in [0.2, 0.25) is 0 Å². The van der Waals surface area contributed by atoms with E-state index in [0.29, 0.717) is 17.8 Å². The van der Waals surface area contributed by atoms with Crippen LogP contribution in [0.5, 0.6) is 0 Å². The van der Waals surface area contributed by atoms with Gasteiger partial charge < -0.3 is 20.3 Å². The Hall–Kier alpha value is -2.86. The van der Waals surface area contributed by atoms with Gasteiger partial charge in [0.2, 0.25) is 0 Å². The molecule has 2 aromatic carbocycles. The molecule has 0 aromatic heterocycles. The second-order valence-electron chi connectivity index (χ2n) is 6.34. The minimum Gasteiger partial charge on any atom is -0.465 e. The quantitative estimate of drug-likeness (QED) is 0.781. The first-order chi connectivity index (χ1) is 12.4. The SMILES string of the molecule is COC(=O)c1ccc(C)c(NC(=O)NCc2ccccc2CN(C)C)c1. The summed E-state index contributed by atoms with van der Waals surface area (Å²) in [6.45, 7) is 3.09. The Labute approximate surface area is 154 Å². The van der Waals surface area contributed by atoms with Crippen LogP contribution in [-0.4, -0.2) is 38.1 Å². The van der Waals surface area contributed by atoms with Crippen molar-refractivity contribution in [1.82, 2.24) is 10.2 Å². The van der Waals surface area contributed by atoms with Crippen LogP contribution in [0.3, 0.4) is 0 Å². The van der Waals surface area contributed by atoms with Gasteiger partial charge in [-0.05, 0) is 49.8 Å². The molecule has 6 heteroatoms. The molecule has 0 atom stereocenters. The van der Waals surface area contributed by atoms with E-state index in [1.165, 1.54) is 12.7 Å². The maximum atomic E-state index is 12.3. The molecule has 0 radical (unpaired) electrons. The Kier molecular flexibility index (Phi) is 6.74. The number of urea groups is 1. The van der Waals surface area contributed by atoms with E-state index in [2.05, 4.69) is 21.6 Å². The average molecular weight is 355 g/mol. The Morgan fingerprint density at radius 2 is 1.77 bits per heavy atom. The van der Waals surface area contributed by atoms with Crippen molar-refractivity contribution in [3.63, 3.8) is 0 Å². The molecule has 0 heterocycles. The number of rotatable bonds is 6. The lowest BCUT2D eigenvalue weighted by molar-refractivity contribution is 0.0600. The highest BCUT2D eigenvalue weighted by atomic mass is 16.5. The molecule has 0 spiro atoms. The fraction of sp³-hybridized carbons (Fsp3) is 0.300. The highest BCUT2D eigenvalue weighted by Gasteiger charge is 2.11. The lowest BCUT2D eigenvalue weighted by Crippen LogP contribution is -2.29. The van der Waals surface area contributed by atoms with Crippen molar-refractivity contribution in [3.8, 4) is 0 Å². The zero-order chi connectivity index (χ0) is 19.1. The number of nitrogens with zero attached hydrogens (tertiary/aromatic N) is 1. The molecule has 2 rings (SSSR count). The molecule has 0 fully saturated rings. The van der Waals surface area contributed by atoms with E-state index in [0.717, 1.165) is 17.7 Å². The molecule has 26 heavy (non-hydrogen) atoms. The largest absolute Gasteiger partial charge is 0.465 e. The number of carbonyl (C=O) groups excluding carboxylic acids is 2. The minimum absolute atomic E-state index is 0.324. The van der Waals surface area contributed by atoms with Gasteiger partial charge in [0.15, 0.2) is 0 Å². The smallest absolute Gasteiger partial charge is 0.337 e. The summed E-state index contributed by atoms with van der Waals surface area (Å²) in [7, 11) is 5.34. The number of hydrogen-bond donors (Lipinski definition) is 2. The molecule has 2 N–H and O–H groups in total. The molecule has 6 nitrogen and oxygen atoms in total. The molecule has 138 valence electrons. The van der Waals surface area contributed by atoms with Crippen molar-refractivity contribution < 1.29 is 14.3 Å². The first-order valence-corrected chi connectivity index (χ1v) is 8.36. The third kappa shape index (κ3) is 5.32. The lowest BCUT2D eigenvalue weighted by Gasteiger charge is -2.15. The van der Waals surface area contributed by atoms with Crippen molar-refractivity contribution in [2.45, 2.75) is 20.0 Å². The van der Waals surface area contributed by atoms with Gasteiger partial charge in [-0.25, -0.2) is 9.59 Å². The number of ether oxygens (including phenoxy) is 1. The van der Waals surface area contributed by atoms with E-state index in [1.54, 1.807) is 18.2 Å². The van der Waals surface area contributed by atoms with Crippen LogP contribution in [0.25, 0.3) is 0 Å². The van der Waals surface area contributed by atoms with Gasteiger partial charge >= 0.3 is 12.0 Å². The normalized spacial score (nSPS) is 10.5. The van der Waals surface area contributed by atoms with Crippen molar-refractivity contribution in [3.05, 3.63) is 64.7 Å². The Morgan fingerprint density at radius 3 is 2.42 bits per heavy atom. The standard InChI is InChI=1S/C20H25N3O3/c1-14-9-10-15(19(24)26-4)11-18(14)22-20(25)21-12-16-7-5-6-8-17(16)13-23(2)3/h5-11H,12-13H2,1-4H3,(H2,21,22,25). The first kappa shape index (κ1) is 19.5. The summed E-state index contributed by atoms with van der Waals surface area (Å²) in [5.74, 6) is -0.439. The Morgan fingerprint density at radius 1 is 1.08 bits per heavy atom. The van der Waals surface area contributed by atoms with Crippen LogP contribution in [0.1, 0.15) is 27.0 Å². The van der Waals surface area contributed by atoms with Gasteiger partial charge in [-0.2, -0.15) is 0 Å². The van der Waals surface area contributed by atoms with Gasteiger partial charge in [0.25, 0.3) is 0 Å². The number of benzene rings is 2. The molecular weight excluding hydrogens is 330 g/mol. The minimum atomic E-state index is -0.439.